The van der Waals surface area contributed by atoms with Gasteiger partial charge in [0.05, 0.1) is 17.9 Å². The van der Waals surface area contributed by atoms with Crippen molar-refractivity contribution in [3.63, 3.8) is 0 Å². The predicted molar refractivity (Wildman–Crippen MR) is 80.8 cm³/mol. The van der Waals surface area contributed by atoms with E-state index in [2.05, 4.69) is 32.9 Å². The Bertz CT molecular complexity index is 587. The fraction of sp³-hybridized carbons (Fsp3) is 0.500. The Labute approximate surface area is 125 Å². The topological polar surface area (TPSA) is 45.4 Å². The smallest absolute Gasteiger partial charge is 0.150 e. The highest BCUT2D eigenvalue weighted by Gasteiger charge is 2.19. The summed E-state index contributed by atoms with van der Waals surface area (Å²) in [5.41, 5.74) is 3.42. The molecule has 0 saturated carbocycles. The number of nitrogens with zero attached hydrogens (tertiary/aromatic N) is 4. The third kappa shape index (κ3) is 3.68. The van der Waals surface area contributed by atoms with Crippen LogP contribution >= 0.6 is 0 Å². The minimum atomic E-state index is 0.858. The molecule has 1 fully saturated rings. The molecule has 0 radical (unpaired) electrons. The number of hydrogen-bond acceptors (Lipinski definition) is 5. The first kappa shape index (κ1) is 14.2. The minimum Gasteiger partial charge on any atom is -0.360 e. The van der Waals surface area contributed by atoms with Crippen LogP contribution in [0.4, 0.5) is 0 Å². The summed E-state index contributed by atoms with van der Waals surface area (Å²) in [7, 11) is 0. The van der Waals surface area contributed by atoms with E-state index in [1.165, 1.54) is 11.3 Å². The maximum Gasteiger partial charge on any atom is 0.150 e. The average molecular weight is 286 g/mol. The fourth-order valence-electron chi connectivity index (χ4n) is 2.71. The molecule has 0 spiro atoms. The maximum atomic E-state index is 5.29. The SMILES string of the molecule is Cc1cc(CN2CCN(Cc3ncccc3C)CC2)on1. The summed E-state index contributed by atoms with van der Waals surface area (Å²) in [5.74, 6) is 0.960. The van der Waals surface area contributed by atoms with Crippen LogP contribution in [0.25, 0.3) is 0 Å². The molecular weight excluding hydrogens is 264 g/mol. The van der Waals surface area contributed by atoms with Gasteiger partial charge in [0, 0.05) is 45.0 Å². The lowest BCUT2D eigenvalue weighted by Gasteiger charge is -2.34. The van der Waals surface area contributed by atoms with E-state index in [9.17, 15) is 0 Å². The normalized spacial score (nSPS) is 17.2. The van der Waals surface area contributed by atoms with Gasteiger partial charge in [-0.05, 0) is 25.5 Å². The first-order chi connectivity index (χ1) is 10.2. The van der Waals surface area contributed by atoms with Gasteiger partial charge in [0.2, 0.25) is 0 Å². The van der Waals surface area contributed by atoms with Crippen molar-refractivity contribution in [1.29, 1.82) is 0 Å². The van der Waals surface area contributed by atoms with Crippen molar-refractivity contribution < 1.29 is 4.52 Å². The summed E-state index contributed by atoms with van der Waals surface area (Å²) in [4.78, 5) is 9.37. The molecule has 1 aliphatic rings. The molecule has 21 heavy (non-hydrogen) atoms. The molecule has 0 amide bonds. The van der Waals surface area contributed by atoms with Crippen molar-refractivity contribution in [1.82, 2.24) is 19.9 Å². The van der Waals surface area contributed by atoms with Gasteiger partial charge >= 0.3 is 0 Å². The summed E-state index contributed by atoms with van der Waals surface area (Å²) < 4.78 is 5.29. The maximum absolute atomic E-state index is 5.29. The molecule has 0 N–H and O–H groups in total. The van der Waals surface area contributed by atoms with Crippen molar-refractivity contribution in [2.75, 3.05) is 26.2 Å². The fourth-order valence-corrected chi connectivity index (χ4v) is 2.71. The number of piperazine rings is 1. The van der Waals surface area contributed by atoms with E-state index in [-0.39, 0.29) is 0 Å². The lowest BCUT2D eigenvalue weighted by Crippen LogP contribution is -2.45. The average Bonchev–Trinajstić information content (AvgIpc) is 2.89. The largest absolute Gasteiger partial charge is 0.360 e. The third-order valence-electron chi connectivity index (χ3n) is 4.01. The Kier molecular flexibility index (Phi) is 4.31. The van der Waals surface area contributed by atoms with Crippen LogP contribution in [0.5, 0.6) is 0 Å². The summed E-state index contributed by atoms with van der Waals surface area (Å²) in [6.07, 6.45) is 1.88. The Morgan fingerprint density at radius 3 is 2.43 bits per heavy atom. The van der Waals surface area contributed by atoms with E-state index in [4.69, 9.17) is 4.52 Å². The molecule has 2 aromatic rings. The van der Waals surface area contributed by atoms with Crippen LogP contribution in [0.1, 0.15) is 22.7 Å². The summed E-state index contributed by atoms with van der Waals surface area (Å²) in [6.45, 7) is 10.2. The molecule has 5 heteroatoms. The molecule has 3 rings (SSSR count). The second-order valence-corrected chi connectivity index (χ2v) is 5.75. The number of aryl methyl sites for hydroxylation is 2. The van der Waals surface area contributed by atoms with Gasteiger partial charge in [-0.25, -0.2) is 0 Å². The molecule has 0 bridgehead atoms. The van der Waals surface area contributed by atoms with E-state index < -0.39 is 0 Å². The number of aromatic nitrogens is 2. The molecule has 5 nitrogen and oxygen atoms in total. The standard InChI is InChI=1S/C16H22N4O/c1-13-4-3-5-17-16(13)12-20-8-6-19(7-9-20)11-15-10-14(2)18-21-15/h3-5,10H,6-9,11-12H2,1-2H3. The zero-order valence-corrected chi connectivity index (χ0v) is 12.7. The van der Waals surface area contributed by atoms with E-state index in [0.717, 1.165) is 50.7 Å². The number of rotatable bonds is 4. The molecule has 0 aliphatic carbocycles. The zero-order valence-electron chi connectivity index (χ0n) is 12.7. The zero-order chi connectivity index (χ0) is 14.7. The van der Waals surface area contributed by atoms with Gasteiger partial charge < -0.3 is 4.52 Å². The lowest BCUT2D eigenvalue weighted by atomic mass is 10.2. The minimum absolute atomic E-state index is 0.858. The van der Waals surface area contributed by atoms with Crippen LogP contribution in [0.3, 0.4) is 0 Å². The van der Waals surface area contributed by atoms with Crippen LogP contribution in [0.15, 0.2) is 28.9 Å². The summed E-state index contributed by atoms with van der Waals surface area (Å²) >= 11 is 0. The van der Waals surface area contributed by atoms with Crippen LogP contribution in [0, 0.1) is 13.8 Å². The van der Waals surface area contributed by atoms with Gasteiger partial charge in [-0.1, -0.05) is 11.2 Å². The Morgan fingerprint density at radius 1 is 1.10 bits per heavy atom. The Hall–Kier alpha value is -1.72. The van der Waals surface area contributed by atoms with E-state index in [0.29, 0.717) is 0 Å². The van der Waals surface area contributed by atoms with Gasteiger partial charge in [-0.15, -0.1) is 0 Å². The van der Waals surface area contributed by atoms with Gasteiger partial charge in [0.1, 0.15) is 0 Å². The summed E-state index contributed by atoms with van der Waals surface area (Å²) in [6, 6.07) is 6.14. The van der Waals surface area contributed by atoms with Gasteiger partial charge in [-0.2, -0.15) is 0 Å². The highest BCUT2D eigenvalue weighted by Crippen LogP contribution is 2.12. The van der Waals surface area contributed by atoms with E-state index in [1.54, 1.807) is 0 Å². The van der Waals surface area contributed by atoms with Crippen LogP contribution in [-0.2, 0) is 13.1 Å². The second-order valence-electron chi connectivity index (χ2n) is 5.75. The number of hydrogen-bond donors (Lipinski definition) is 0. The van der Waals surface area contributed by atoms with Crippen LogP contribution in [0.2, 0.25) is 0 Å². The van der Waals surface area contributed by atoms with Crippen molar-refractivity contribution in [3.8, 4) is 0 Å². The Morgan fingerprint density at radius 2 is 1.81 bits per heavy atom. The van der Waals surface area contributed by atoms with Gasteiger partial charge in [0.25, 0.3) is 0 Å². The molecule has 112 valence electrons. The van der Waals surface area contributed by atoms with Crippen LogP contribution < -0.4 is 0 Å². The van der Waals surface area contributed by atoms with E-state index in [1.807, 2.05) is 25.3 Å². The van der Waals surface area contributed by atoms with Gasteiger partial charge in [-0.3, -0.25) is 14.8 Å². The van der Waals surface area contributed by atoms with Crippen molar-refractivity contribution >= 4 is 0 Å². The molecule has 1 saturated heterocycles. The molecule has 3 heterocycles. The molecule has 2 aromatic heterocycles. The van der Waals surface area contributed by atoms with E-state index >= 15 is 0 Å². The quantitative estimate of drug-likeness (QED) is 0.860. The van der Waals surface area contributed by atoms with Crippen molar-refractivity contribution in [2.24, 2.45) is 0 Å². The highest BCUT2D eigenvalue weighted by molar-refractivity contribution is 5.17. The molecular formula is C16H22N4O. The van der Waals surface area contributed by atoms with Crippen molar-refractivity contribution in [3.05, 3.63) is 47.1 Å². The molecule has 1 aliphatic heterocycles. The lowest BCUT2D eigenvalue weighted by molar-refractivity contribution is 0.112. The predicted octanol–water partition coefficient (Wildman–Crippen LogP) is 2.00. The van der Waals surface area contributed by atoms with Crippen molar-refractivity contribution in [2.45, 2.75) is 26.9 Å². The van der Waals surface area contributed by atoms with Crippen LogP contribution in [-0.4, -0.2) is 46.1 Å². The highest BCUT2D eigenvalue weighted by atomic mass is 16.5. The number of pyridine rings is 1. The summed E-state index contributed by atoms with van der Waals surface area (Å²) in [5, 5.41) is 3.94. The Balaban J connectivity index is 1.50. The second kappa shape index (κ2) is 6.37. The molecule has 0 atom stereocenters. The molecule has 0 unspecified atom stereocenters. The molecule has 0 aromatic carbocycles. The monoisotopic (exact) mass is 286 g/mol. The third-order valence-corrected chi connectivity index (χ3v) is 4.01. The first-order valence-corrected chi connectivity index (χ1v) is 7.48. The first-order valence-electron chi connectivity index (χ1n) is 7.48. The van der Waals surface area contributed by atoms with Gasteiger partial charge in [0.15, 0.2) is 5.76 Å².